The molecule has 12 heteroatoms. The lowest BCUT2D eigenvalue weighted by atomic mass is 9.85. The van der Waals surface area contributed by atoms with Crippen LogP contribution in [0.25, 0.3) is 11.3 Å². The van der Waals surface area contributed by atoms with Gasteiger partial charge in [0.05, 0.1) is 23.6 Å². The van der Waals surface area contributed by atoms with Gasteiger partial charge in [-0.05, 0) is 87.0 Å². The van der Waals surface area contributed by atoms with E-state index in [1.165, 1.54) is 12.0 Å². The Labute approximate surface area is 318 Å². The average Bonchev–Trinajstić information content (AvgIpc) is 3.78. The average molecular weight is 731 g/mol. The summed E-state index contributed by atoms with van der Waals surface area (Å²) in [4.78, 5) is 21.0. The molecule has 12 nitrogen and oxygen atoms in total. The first-order valence-corrected chi connectivity index (χ1v) is 19.6. The van der Waals surface area contributed by atoms with Crippen molar-refractivity contribution in [3.8, 4) is 11.4 Å². The van der Waals surface area contributed by atoms with Crippen molar-refractivity contribution >= 4 is 23.4 Å². The third-order valence-corrected chi connectivity index (χ3v) is 11.3. The number of rotatable bonds is 8. The molecule has 2 N–H and O–H groups in total. The second-order valence-electron chi connectivity index (χ2n) is 16.4. The number of hydrogen-bond donors (Lipinski definition) is 2. The summed E-state index contributed by atoms with van der Waals surface area (Å²) in [5, 5.41) is 20.5. The molecule has 5 heterocycles. The Kier molecular flexibility index (Phi) is 10.1. The van der Waals surface area contributed by atoms with Crippen LogP contribution in [-0.4, -0.2) is 86.0 Å². The van der Waals surface area contributed by atoms with Crippen molar-refractivity contribution in [3.05, 3.63) is 95.3 Å². The van der Waals surface area contributed by atoms with Gasteiger partial charge in [-0.1, -0.05) is 57.2 Å². The van der Waals surface area contributed by atoms with Crippen molar-refractivity contribution < 1.29 is 9.53 Å². The summed E-state index contributed by atoms with van der Waals surface area (Å²) in [6.45, 7) is 14.8. The summed E-state index contributed by atoms with van der Waals surface area (Å²) in [6.07, 6.45) is 6.92. The number of carbonyl (C=O) groups excluding carboxylic acids is 1. The number of fused-ring (bicyclic) bond motifs is 2. The predicted molar refractivity (Wildman–Crippen MR) is 213 cm³/mol. The smallest absolute Gasteiger partial charge is 0.320 e. The number of piperidine rings is 1. The second kappa shape index (κ2) is 15.1. The van der Waals surface area contributed by atoms with Crippen molar-refractivity contribution in [1.29, 1.82) is 0 Å². The maximum absolute atomic E-state index is 13.8. The third-order valence-electron chi connectivity index (χ3n) is 11.3. The van der Waals surface area contributed by atoms with Gasteiger partial charge in [-0.15, -0.1) is 10.2 Å². The summed E-state index contributed by atoms with van der Waals surface area (Å²) < 4.78 is 10.6. The molecule has 284 valence electrons. The van der Waals surface area contributed by atoms with Crippen LogP contribution < -0.4 is 20.3 Å². The van der Waals surface area contributed by atoms with Gasteiger partial charge in [-0.2, -0.15) is 5.10 Å². The molecule has 5 aromatic rings. The monoisotopic (exact) mass is 730 g/mol. The van der Waals surface area contributed by atoms with E-state index >= 15 is 0 Å². The number of piperazine rings is 1. The Bertz CT molecular complexity index is 2090. The molecule has 2 aliphatic heterocycles. The molecule has 3 atom stereocenters. The first-order chi connectivity index (χ1) is 26.1. The van der Waals surface area contributed by atoms with Crippen LogP contribution in [0.15, 0.2) is 72.9 Å². The lowest BCUT2D eigenvalue weighted by molar-refractivity contribution is 0.148. The second-order valence-corrected chi connectivity index (χ2v) is 16.4. The normalized spacial score (nSPS) is 21.2. The molecular weight excluding hydrogens is 677 g/mol. The quantitative estimate of drug-likeness (QED) is 0.174. The zero-order valence-corrected chi connectivity index (χ0v) is 32.3. The van der Waals surface area contributed by atoms with Crippen LogP contribution in [0.2, 0.25) is 0 Å². The zero-order valence-electron chi connectivity index (χ0n) is 32.3. The van der Waals surface area contributed by atoms with Crippen LogP contribution in [0.5, 0.6) is 5.75 Å². The van der Waals surface area contributed by atoms with E-state index in [-0.39, 0.29) is 23.6 Å². The number of benzene rings is 2. The topological polar surface area (TPSA) is 108 Å². The number of nitrogens with zero attached hydrogens (tertiary/aromatic N) is 8. The molecule has 8 rings (SSSR count). The number of anilines is 2. The minimum absolute atomic E-state index is 0.150. The molecular formula is C42H54N10O2. The fourth-order valence-electron chi connectivity index (χ4n) is 8.10. The van der Waals surface area contributed by atoms with Crippen molar-refractivity contribution in [2.75, 3.05) is 50.0 Å². The lowest BCUT2D eigenvalue weighted by Gasteiger charge is -2.33. The van der Waals surface area contributed by atoms with E-state index in [1.807, 2.05) is 41.2 Å². The molecule has 1 unspecified atom stereocenters. The van der Waals surface area contributed by atoms with Gasteiger partial charge in [-0.3, -0.25) is 14.6 Å². The van der Waals surface area contributed by atoms with Crippen LogP contribution in [0.3, 0.4) is 0 Å². The Morgan fingerprint density at radius 1 is 0.889 bits per heavy atom. The summed E-state index contributed by atoms with van der Waals surface area (Å²) in [5.74, 6) is 2.28. The minimum Gasteiger partial charge on any atom is -0.484 e. The zero-order chi connectivity index (χ0) is 37.4. The maximum Gasteiger partial charge on any atom is 0.320 e. The Hall–Kier alpha value is -4.94. The van der Waals surface area contributed by atoms with E-state index < -0.39 is 0 Å². The molecule has 1 aliphatic carbocycles. The van der Waals surface area contributed by atoms with E-state index in [9.17, 15) is 4.79 Å². The molecule has 0 radical (unpaired) electrons. The van der Waals surface area contributed by atoms with Gasteiger partial charge in [-0.25, -0.2) is 9.48 Å². The fourth-order valence-corrected chi connectivity index (χ4v) is 8.10. The van der Waals surface area contributed by atoms with Crippen LogP contribution >= 0.6 is 0 Å². The molecule has 0 saturated carbocycles. The van der Waals surface area contributed by atoms with Gasteiger partial charge in [0.1, 0.15) is 17.7 Å². The van der Waals surface area contributed by atoms with Crippen LogP contribution in [-0.2, 0) is 12.0 Å². The fraction of sp³-hybridized carbons (Fsp3) is 0.476. The molecule has 54 heavy (non-hydrogen) atoms. The first-order valence-electron chi connectivity index (χ1n) is 19.6. The number of likely N-dealkylation sites (N-methyl/N-ethyl adjacent to an activating group) is 1. The Morgan fingerprint density at radius 2 is 1.70 bits per heavy atom. The lowest BCUT2D eigenvalue weighted by Crippen LogP contribution is -2.43. The molecule has 3 aromatic heterocycles. The molecule has 2 saturated heterocycles. The summed E-state index contributed by atoms with van der Waals surface area (Å²) in [5.41, 5.74) is 5.83. The summed E-state index contributed by atoms with van der Waals surface area (Å²) in [7, 11) is 2.18. The minimum atomic E-state index is -0.262. The van der Waals surface area contributed by atoms with Crippen molar-refractivity contribution in [2.24, 2.45) is 0 Å². The van der Waals surface area contributed by atoms with E-state index in [2.05, 4.69) is 111 Å². The number of ether oxygens (including phenoxy) is 1. The molecule has 2 aromatic carbocycles. The van der Waals surface area contributed by atoms with Crippen LogP contribution in [0.1, 0.15) is 94.3 Å². The number of nitrogens with one attached hydrogen (secondary N) is 2. The summed E-state index contributed by atoms with van der Waals surface area (Å²) in [6, 6.07) is 22.7. The highest BCUT2D eigenvalue weighted by molar-refractivity contribution is 5.89. The van der Waals surface area contributed by atoms with Crippen molar-refractivity contribution in [3.63, 3.8) is 0 Å². The van der Waals surface area contributed by atoms with Crippen LogP contribution in [0.4, 0.5) is 16.6 Å². The molecule has 0 spiro atoms. The van der Waals surface area contributed by atoms with Crippen molar-refractivity contribution in [1.82, 2.24) is 39.5 Å². The van der Waals surface area contributed by atoms with E-state index in [0.29, 0.717) is 11.9 Å². The van der Waals surface area contributed by atoms with Gasteiger partial charge in [0.2, 0.25) is 5.95 Å². The SMILES string of the molecule is CC1CCCCN1c1nnc2ccc(O[C@@H]3CC[C@H](NC(=O)Nc4cc(C(C)(C)C)nn4-c4cccc(CN5CCN(C)CC5)c4)c4ccccc43)cn12. The molecule has 3 aliphatic rings. The molecule has 0 bridgehead atoms. The van der Waals surface area contributed by atoms with E-state index in [0.717, 1.165) is 105 Å². The third kappa shape index (κ3) is 7.67. The van der Waals surface area contributed by atoms with Crippen LogP contribution in [0, 0.1) is 0 Å². The Morgan fingerprint density at radius 3 is 2.50 bits per heavy atom. The maximum atomic E-state index is 13.8. The highest BCUT2D eigenvalue weighted by atomic mass is 16.5. The highest BCUT2D eigenvalue weighted by Gasteiger charge is 2.31. The molecule has 2 fully saturated rings. The number of amides is 2. The molecule has 2 amide bonds. The number of carbonyl (C=O) groups is 1. The van der Waals surface area contributed by atoms with Gasteiger partial charge in [0, 0.05) is 56.8 Å². The van der Waals surface area contributed by atoms with Gasteiger partial charge >= 0.3 is 6.03 Å². The number of pyridine rings is 1. The van der Waals surface area contributed by atoms with E-state index in [1.54, 1.807) is 0 Å². The van der Waals surface area contributed by atoms with Gasteiger partial charge < -0.3 is 19.9 Å². The van der Waals surface area contributed by atoms with E-state index in [4.69, 9.17) is 9.84 Å². The summed E-state index contributed by atoms with van der Waals surface area (Å²) >= 11 is 0. The number of hydrogen-bond acceptors (Lipinski definition) is 8. The van der Waals surface area contributed by atoms with Gasteiger partial charge in [0.25, 0.3) is 0 Å². The number of aromatic nitrogens is 5. The van der Waals surface area contributed by atoms with Crippen molar-refractivity contribution in [2.45, 2.75) is 89.9 Å². The largest absolute Gasteiger partial charge is 0.484 e. The highest BCUT2D eigenvalue weighted by Crippen LogP contribution is 2.39. The first kappa shape index (κ1) is 36.1. The Balaban J connectivity index is 0.981. The number of urea groups is 1. The standard InChI is InChI=1S/C42H54N10O2/c1-29-11-8-9-20-50(29)41-46-45-38-19-16-32(28-51(38)41)54-36-18-17-35(33-14-6-7-15-34(33)36)43-40(53)44-39-26-37(42(2,3)4)47-52(39)31-13-10-12-30(25-31)27-49-23-21-48(5)22-24-49/h6-7,10,12-16,19,25-26,28-29,35-36H,8-9,11,17-18,20-24,27H2,1-5H3,(H2,43,44,53)/t29?,35-,36+/m0/s1. The predicted octanol–water partition coefficient (Wildman–Crippen LogP) is 7.12. The van der Waals surface area contributed by atoms with Gasteiger partial charge in [0.15, 0.2) is 5.65 Å².